The van der Waals surface area contributed by atoms with E-state index in [4.69, 9.17) is 14.6 Å². The van der Waals surface area contributed by atoms with E-state index >= 15 is 0 Å². The van der Waals surface area contributed by atoms with Crippen molar-refractivity contribution in [1.82, 2.24) is 5.32 Å². The highest BCUT2D eigenvalue weighted by Crippen LogP contribution is 2.29. The van der Waals surface area contributed by atoms with E-state index in [1.165, 1.54) is 11.8 Å². The number of ether oxygens (including phenoxy) is 2. The molecule has 1 aromatic rings. The second kappa shape index (κ2) is 7.74. The molecule has 6 nitrogen and oxygen atoms in total. The van der Waals surface area contributed by atoms with E-state index in [1.807, 2.05) is 12.1 Å². The van der Waals surface area contributed by atoms with Gasteiger partial charge in [0.05, 0.1) is 18.4 Å². The average Bonchev–Trinajstić information content (AvgIpc) is 2.52. The average molecular weight is 323 g/mol. The molecule has 0 atom stereocenters. The summed E-state index contributed by atoms with van der Waals surface area (Å²) in [4.78, 5) is 22.4. The molecule has 0 bridgehead atoms. The first-order chi connectivity index (χ1) is 10.6. The summed E-state index contributed by atoms with van der Waals surface area (Å²) in [6.07, 6.45) is 1.78. The van der Waals surface area contributed by atoms with E-state index in [2.05, 4.69) is 5.32 Å². The summed E-state index contributed by atoms with van der Waals surface area (Å²) >= 11 is 1.26. The number of methoxy groups -OCH3 is 1. The van der Waals surface area contributed by atoms with Crippen LogP contribution in [0.4, 0.5) is 0 Å². The summed E-state index contributed by atoms with van der Waals surface area (Å²) in [6, 6.07) is 5.42. The zero-order valence-corrected chi connectivity index (χ0v) is 12.9. The van der Waals surface area contributed by atoms with Gasteiger partial charge >= 0.3 is 5.97 Å². The lowest BCUT2D eigenvalue weighted by molar-refractivity contribution is -0.133. The van der Waals surface area contributed by atoms with Crippen LogP contribution in [0.5, 0.6) is 11.5 Å². The molecule has 0 fully saturated rings. The van der Waals surface area contributed by atoms with Crippen LogP contribution in [-0.4, -0.2) is 48.8 Å². The number of aliphatic carboxylic acids is 1. The number of thioether (sulfide) groups is 1. The summed E-state index contributed by atoms with van der Waals surface area (Å²) in [6.45, 7) is 0.631. The highest BCUT2D eigenvalue weighted by atomic mass is 32.2. The Balaban J connectivity index is 1.90. The second-order valence-corrected chi connectivity index (χ2v) is 5.67. The largest absolute Gasteiger partial charge is 0.497 e. The standard InChI is InChI=1S/C15H17NO5S/c1-20-12-2-3-13-10(7-12)6-11(8-21-13)15(19)16-4-5-22-9-14(17)18/h2-3,6-7H,4-5,8-9H2,1H3,(H,16,19)(H,17,18). The van der Waals surface area contributed by atoms with Crippen LogP contribution < -0.4 is 14.8 Å². The van der Waals surface area contributed by atoms with E-state index < -0.39 is 5.97 Å². The lowest BCUT2D eigenvalue weighted by Gasteiger charge is -2.18. The Morgan fingerprint density at radius 2 is 2.27 bits per heavy atom. The molecule has 0 spiro atoms. The first-order valence-electron chi connectivity index (χ1n) is 6.69. The Kier molecular flexibility index (Phi) is 5.71. The molecule has 0 aliphatic carbocycles. The second-order valence-electron chi connectivity index (χ2n) is 4.56. The number of carbonyl (C=O) groups is 2. The van der Waals surface area contributed by atoms with E-state index in [9.17, 15) is 9.59 Å². The zero-order valence-electron chi connectivity index (χ0n) is 12.1. The van der Waals surface area contributed by atoms with E-state index in [-0.39, 0.29) is 18.3 Å². The summed E-state index contributed by atoms with van der Waals surface area (Å²) in [5.74, 6) is 0.945. The van der Waals surface area contributed by atoms with Gasteiger partial charge in [0.1, 0.15) is 18.1 Å². The molecule has 1 amide bonds. The topological polar surface area (TPSA) is 84.9 Å². The fourth-order valence-electron chi connectivity index (χ4n) is 1.92. The molecule has 0 radical (unpaired) electrons. The third kappa shape index (κ3) is 4.42. The highest BCUT2D eigenvalue weighted by molar-refractivity contribution is 7.99. The molecule has 22 heavy (non-hydrogen) atoms. The van der Waals surface area contributed by atoms with E-state index in [0.29, 0.717) is 23.6 Å². The number of carbonyl (C=O) groups excluding carboxylic acids is 1. The van der Waals surface area contributed by atoms with E-state index in [0.717, 1.165) is 11.3 Å². The van der Waals surface area contributed by atoms with Crippen molar-refractivity contribution in [2.45, 2.75) is 0 Å². The van der Waals surface area contributed by atoms with Crippen molar-refractivity contribution in [3.63, 3.8) is 0 Å². The maximum atomic E-state index is 12.0. The predicted octanol–water partition coefficient (Wildman–Crippen LogP) is 1.41. The number of amides is 1. The van der Waals surface area contributed by atoms with Crippen LogP contribution in [0, 0.1) is 0 Å². The smallest absolute Gasteiger partial charge is 0.313 e. The first kappa shape index (κ1) is 16.2. The number of carboxylic acids is 1. The lowest BCUT2D eigenvalue weighted by atomic mass is 10.1. The zero-order chi connectivity index (χ0) is 15.9. The highest BCUT2D eigenvalue weighted by Gasteiger charge is 2.17. The van der Waals surface area contributed by atoms with Crippen molar-refractivity contribution in [3.8, 4) is 11.5 Å². The number of hydrogen-bond acceptors (Lipinski definition) is 5. The van der Waals surface area contributed by atoms with Gasteiger partial charge in [-0.2, -0.15) is 0 Å². The molecule has 2 N–H and O–H groups in total. The molecule has 1 heterocycles. The van der Waals surface area contributed by atoms with Crippen molar-refractivity contribution >= 4 is 29.7 Å². The van der Waals surface area contributed by atoms with Gasteiger partial charge in [-0.05, 0) is 24.3 Å². The summed E-state index contributed by atoms with van der Waals surface area (Å²) < 4.78 is 10.7. The van der Waals surface area contributed by atoms with Crippen LogP contribution in [-0.2, 0) is 9.59 Å². The summed E-state index contributed by atoms with van der Waals surface area (Å²) in [7, 11) is 1.58. The fraction of sp³-hybridized carbons (Fsp3) is 0.333. The molecule has 0 saturated carbocycles. The maximum Gasteiger partial charge on any atom is 0.313 e. The normalized spacial score (nSPS) is 12.7. The molecule has 2 rings (SSSR count). The van der Waals surface area contributed by atoms with Crippen molar-refractivity contribution in [2.75, 3.05) is 31.8 Å². The van der Waals surface area contributed by atoms with Crippen molar-refractivity contribution < 1.29 is 24.2 Å². The van der Waals surface area contributed by atoms with Gasteiger partial charge in [-0.1, -0.05) is 0 Å². The number of fused-ring (bicyclic) bond motifs is 1. The molecular weight excluding hydrogens is 306 g/mol. The molecule has 0 unspecified atom stereocenters. The first-order valence-corrected chi connectivity index (χ1v) is 7.85. The van der Waals surface area contributed by atoms with Gasteiger partial charge in [0.15, 0.2) is 0 Å². The fourth-order valence-corrected chi connectivity index (χ4v) is 2.49. The maximum absolute atomic E-state index is 12.0. The summed E-state index contributed by atoms with van der Waals surface area (Å²) in [5, 5.41) is 11.3. The molecule has 0 saturated heterocycles. The lowest BCUT2D eigenvalue weighted by Crippen LogP contribution is -2.30. The van der Waals surface area contributed by atoms with Gasteiger partial charge in [0.2, 0.25) is 0 Å². The van der Waals surface area contributed by atoms with Crippen LogP contribution in [0.15, 0.2) is 23.8 Å². The Hall–Kier alpha value is -2.15. The minimum absolute atomic E-state index is 0.0366. The third-order valence-electron chi connectivity index (χ3n) is 2.98. The number of nitrogens with one attached hydrogen (secondary N) is 1. The number of rotatable bonds is 7. The van der Waals surface area contributed by atoms with Gasteiger partial charge in [-0.15, -0.1) is 11.8 Å². The third-order valence-corrected chi connectivity index (χ3v) is 3.92. The quantitative estimate of drug-likeness (QED) is 0.738. The molecule has 1 aliphatic heterocycles. The minimum Gasteiger partial charge on any atom is -0.497 e. The summed E-state index contributed by atoms with van der Waals surface area (Å²) in [5.41, 5.74) is 1.33. The van der Waals surface area contributed by atoms with Crippen LogP contribution in [0.2, 0.25) is 0 Å². The predicted molar refractivity (Wildman–Crippen MR) is 84.4 cm³/mol. The van der Waals surface area contributed by atoms with E-state index in [1.54, 1.807) is 19.3 Å². The van der Waals surface area contributed by atoms with Crippen LogP contribution in [0.3, 0.4) is 0 Å². The molecule has 7 heteroatoms. The Morgan fingerprint density at radius 1 is 1.45 bits per heavy atom. The van der Waals surface area contributed by atoms with Gasteiger partial charge in [-0.3, -0.25) is 9.59 Å². The molecule has 118 valence electrons. The van der Waals surface area contributed by atoms with Crippen LogP contribution in [0.25, 0.3) is 6.08 Å². The number of hydrogen-bond donors (Lipinski definition) is 2. The molecule has 1 aromatic carbocycles. The molecule has 0 aromatic heterocycles. The number of carboxylic acid groups (broad SMARTS) is 1. The van der Waals surface area contributed by atoms with Crippen LogP contribution >= 0.6 is 11.8 Å². The van der Waals surface area contributed by atoms with Crippen molar-refractivity contribution in [2.24, 2.45) is 0 Å². The van der Waals surface area contributed by atoms with Gasteiger partial charge in [-0.25, -0.2) is 0 Å². The SMILES string of the molecule is COc1ccc2c(c1)C=C(C(=O)NCCSCC(=O)O)CO2. The minimum atomic E-state index is -0.856. The van der Waals surface area contributed by atoms with Gasteiger partial charge in [0.25, 0.3) is 5.91 Å². The van der Waals surface area contributed by atoms with Crippen molar-refractivity contribution in [1.29, 1.82) is 0 Å². The Labute approximate surface area is 132 Å². The Bertz CT molecular complexity index is 600. The van der Waals surface area contributed by atoms with Gasteiger partial charge < -0.3 is 19.9 Å². The molecule has 1 aliphatic rings. The number of benzene rings is 1. The van der Waals surface area contributed by atoms with Crippen LogP contribution in [0.1, 0.15) is 5.56 Å². The van der Waals surface area contributed by atoms with Gasteiger partial charge in [0, 0.05) is 17.9 Å². The monoisotopic (exact) mass is 323 g/mol. The molecular formula is C15H17NO5S. The Morgan fingerprint density at radius 3 is 3.00 bits per heavy atom. The van der Waals surface area contributed by atoms with Crippen molar-refractivity contribution in [3.05, 3.63) is 29.3 Å².